The summed E-state index contributed by atoms with van der Waals surface area (Å²) in [5, 5.41) is 12.2. The van der Waals surface area contributed by atoms with Crippen molar-refractivity contribution >= 4 is 22.9 Å². The molecule has 0 aliphatic rings. The number of para-hydroxylation sites is 1. The maximum atomic E-state index is 13.0. The zero-order valence-electron chi connectivity index (χ0n) is 15.2. The minimum absolute atomic E-state index is 0.0458. The fourth-order valence-corrected chi connectivity index (χ4v) is 3.17. The smallest absolute Gasteiger partial charge is 0.346 e. The van der Waals surface area contributed by atoms with Gasteiger partial charge >= 0.3 is 12.0 Å². The quantitative estimate of drug-likeness (QED) is 0.724. The fourth-order valence-electron chi connectivity index (χ4n) is 3.17. The van der Waals surface area contributed by atoms with E-state index < -0.39 is 17.6 Å². The number of hydrogen-bond acceptors (Lipinski definition) is 3. The Labute approximate surface area is 155 Å². The zero-order chi connectivity index (χ0) is 19.6. The van der Waals surface area contributed by atoms with Crippen molar-refractivity contribution in [2.75, 3.05) is 6.54 Å². The molecule has 2 aromatic carbocycles. The van der Waals surface area contributed by atoms with E-state index in [4.69, 9.17) is 0 Å². The molecule has 27 heavy (non-hydrogen) atoms. The van der Waals surface area contributed by atoms with Gasteiger partial charge in [-0.2, -0.15) is 4.68 Å². The van der Waals surface area contributed by atoms with Crippen LogP contribution >= 0.6 is 0 Å². The highest BCUT2D eigenvalue weighted by Crippen LogP contribution is 2.16. The monoisotopic (exact) mass is 367 g/mol. The lowest BCUT2D eigenvalue weighted by molar-refractivity contribution is 0.0698. The van der Waals surface area contributed by atoms with Crippen LogP contribution in [0.5, 0.6) is 0 Å². The SMILES string of the molecule is CCc1ccccc1CN(CC)C(=O)n1[nH]c2c(C(=O)O)cccc2c1=O. The van der Waals surface area contributed by atoms with E-state index in [0.717, 1.165) is 22.2 Å². The first-order chi connectivity index (χ1) is 13.0. The molecule has 0 atom stereocenters. The van der Waals surface area contributed by atoms with Gasteiger partial charge in [0.25, 0.3) is 5.56 Å². The Morgan fingerprint density at radius 2 is 1.78 bits per heavy atom. The number of aromatic carboxylic acids is 1. The van der Waals surface area contributed by atoms with Crippen LogP contribution in [0, 0.1) is 0 Å². The molecular weight excluding hydrogens is 346 g/mol. The van der Waals surface area contributed by atoms with Gasteiger partial charge in [-0.1, -0.05) is 37.3 Å². The van der Waals surface area contributed by atoms with Gasteiger partial charge in [0.1, 0.15) is 0 Å². The zero-order valence-corrected chi connectivity index (χ0v) is 15.2. The number of rotatable bonds is 5. The van der Waals surface area contributed by atoms with Crippen molar-refractivity contribution in [2.24, 2.45) is 0 Å². The molecule has 140 valence electrons. The maximum absolute atomic E-state index is 13.0. The van der Waals surface area contributed by atoms with E-state index >= 15 is 0 Å². The molecule has 0 radical (unpaired) electrons. The Hall–Kier alpha value is -3.35. The third-order valence-electron chi connectivity index (χ3n) is 4.66. The van der Waals surface area contributed by atoms with Gasteiger partial charge in [0.15, 0.2) is 0 Å². The first-order valence-corrected chi connectivity index (χ1v) is 8.81. The lowest BCUT2D eigenvalue weighted by Gasteiger charge is -2.21. The van der Waals surface area contributed by atoms with Crippen LogP contribution in [0.15, 0.2) is 47.3 Å². The Bertz CT molecular complexity index is 1060. The average molecular weight is 367 g/mol. The summed E-state index contributed by atoms with van der Waals surface area (Å²) in [6.07, 6.45) is 0.843. The van der Waals surface area contributed by atoms with Gasteiger partial charge in [-0.15, -0.1) is 0 Å². The minimum atomic E-state index is -1.16. The molecule has 1 heterocycles. The summed E-state index contributed by atoms with van der Waals surface area (Å²) < 4.78 is 0.884. The number of fused-ring (bicyclic) bond motifs is 1. The van der Waals surface area contributed by atoms with Crippen molar-refractivity contribution in [2.45, 2.75) is 26.8 Å². The summed E-state index contributed by atoms with van der Waals surface area (Å²) in [7, 11) is 0. The Morgan fingerprint density at radius 3 is 2.41 bits per heavy atom. The fraction of sp³-hybridized carbons (Fsp3) is 0.250. The van der Waals surface area contributed by atoms with E-state index in [1.54, 1.807) is 4.90 Å². The molecule has 0 aliphatic carbocycles. The Balaban J connectivity index is 2.01. The van der Waals surface area contributed by atoms with Crippen molar-refractivity contribution < 1.29 is 14.7 Å². The molecule has 0 unspecified atom stereocenters. The standard InChI is InChI=1S/C20H21N3O4/c1-3-13-8-5-6-9-14(13)12-22(4-2)20(27)23-18(24)15-10-7-11-16(19(25)26)17(15)21-23/h5-11,21H,3-4,12H2,1-2H3,(H,25,26). The maximum Gasteiger partial charge on any atom is 0.346 e. The first kappa shape index (κ1) is 18.4. The normalized spacial score (nSPS) is 10.9. The third-order valence-corrected chi connectivity index (χ3v) is 4.66. The highest BCUT2D eigenvalue weighted by molar-refractivity contribution is 6.02. The second-order valence-corrected chi connectivity index (χ2v) is 6.20. The summed E-state index contributed by atoms with van der Waals surface area (Å²) in [5.74, 6) is -1.16. The van der Waals surface area contributed by atoms with E-state index in [2.05, 4.69) is 5.10 Å². The summed E-state index contributed by atoms with van der Waals surface area (Å²) >= 11 is 0. The first-order valence-electron chi connectivity index (χ1n) is 8.81. The highest BCUT2D eigenvalue weighted by atomic mass is 16.4. The second kappa shape index (κ2) is 7.49. The number of nitrogens with zero attached hydrogens (tertiary/aromatic N) is 2. The van der Waals surface area contributed by atoms with E-state index in [1.165, 1.54) is 18.2 Å². The van der Waals surface area contributed by atoms with E-state index in [-0.39, 0.29) is 16.5 Å². The molecule has 0 fully saturated rings. The van der Waals surface area contributed by atoms with Gasteiger partial charge in [-0.3, -0.25) is 9.89 Å². The molecule has 0 aliphatic heterocycles. The molecule has 3 aromatic rings. The number of aryl methyl sites for hydroxylation is 1. The minimum Gasteiger partial charge on any atom is -0.478 e. The second-order valence-electron chi connectivity index (χ2n) is 6.20. The van der Waals surface area contributed by atoms with Crippen LogP contribution in [0.4, 0.5) is 4.79 Å². The van der Waals surface area contributed by atoms with Crippen LogP contribution in [0.2, 0.25) is 0 Å². The van der Waals surface area contributed by atoms with Crippen molar-refractivity contribution in [3.8, 4) is 0 Å². The number of H-pyrrole nitrogens is 1. The Kier molecular flexibility index (Phi) is 5.12. The predicted octanol–water partition coefficient (Wildman–Crippen LogP) is 3.08. The Morgan fingerprint density at radius 1 is 1.07 bits per heavy atom. The number of carboxylic acid groups (broad SMARTS) is 1. The lowest BCUT2D eigenvalue weighted by atomic mass is 10.1. The number of aromatic nitrogens is 2. The van der Waals surface area contributed by atoms with Gasteiger partial charge < -0.3 is 10.0 Å². The lowest BCUT2D eigenvalue weighted by Crippen LogP contribution is -2.39. The molecule has 1 aromatic heterocycles. The summed E-state index contributed by atoms with van der Waals surface area (Å²) in [5.41, 5.74) is 1.70. The third kappa shape index (κ3) is 3.36. The summed E-state index contributed by atoms with van der Waals surface area (Å²) in [6.45, 7) is 4.66. The number of benzene rings is 2. The molecular formula is C20H21N3O4. The largest absolute Gasteiger partial charge is 0.478 e. The van der Waals surface area contributed by atoms with Crippen LogP contribution < -0.4 is 5.56 Å². The molecule has 7 heteroatoms. The molecule has 3 rings (SSSR count). The molecule has 2 N–H and O–H groups in total. The van der Waals surface area contributed by atoms with E-state index in [1.807, 2.05) is 38.1 Å². The molecule has 0 bridgehead atoms. The van der Waals surface area contributed by atoms with Crippen molar-refractivity contribution in [3.63, 3.8) is 0 Å². The molecule has 7 nitrogen and oxygen atoms in total. The average Bonchev–Trinajstić information content (AvgIpc) is 3.02. The summed E-state index contributed by atoms with van der Waals surface area (Å²) in [6, 6.07) is 11.7. The van der Waals surface area contributed by atoms with Crippen molar-refractivity contribution in [1.82, 2.24) is 14.7 Å². The van der Waals surface area contributed by atoms with Crippen LogP contribution in [0.3, 0.4) is 0 Å². The number of carboxylic acids is 1. The molecule has 0 saturated heterocycles. The molecule has 1 amide bonds. The van der Waals surface area contributed by atoms with Crippen LogP contribution in [0.1, 0.15) is 35.3 Å². The molecule has 0 saturated carbocycles. The van der Waals surface area contributed by atoms with Gasteiger partial charge in [0.05, 0.1) is 16.5 Å². The number of carbonyl (C=O) groups excluding carboxylic acids is 1. The van der Waals surface area contributed by atoms with Gasteiger partial charge in [-0.25, -0.2) is 9.59 Å². The van der Waals surface area contributed by atoms with Gasteiger partial charge in [0, 0.05) is 13.1 Å². The van der Waals surface area contributed by atoms with E-state index in [9.17, 15) is 19.5 Å². The van der Waals surface area contributed by atoms with Crippen LogP contribution in [-0.4, -0.2) is 38.3 Å². The number of amides is 1. The predicted molar refractivity (Wildman–Crippen MR) is 102 cm³/mol. The van der Waals surface area contributed by atoms with Gasteiger partial charge in [-0.05, 0) is 36.6 Å². The highest BCUT2D eigenvalue weighted by Gasteiger charge is 2.21. The number of hydrogen-bond donors (Lipinski definition) is 2. The van der Waals surface area contributed by atoms with E-state index in [0.29, 0.717) is 13.1 Å². The van der Waals surface area contributed by atoms with Crippen LogP contribution in [-0.2, 0) is 13.0 Å². The summed E-state index contributed by atoms with van der Waals surface area (Å²) in [4.78, 5) is 38.5. The number of aromatic amines is 1. The van der Waals surface area contributed by atoms with Gasteiger partial charge in [0.2, 0.25) is 0 Å². The molecule has 0 spiro atoms. The number of carbonyl (C=O) groups is 2. The topological polar surface area (TPSA) is 95.4 Å². The van der Waals surface area contributed by atoms with Crippen molar-refractivity contribution in [3.05, 3.63) is 69.5 Å². The van der Waals surface area contributed by atoms with Crippen molar-refractivity contribution in [1.29, 1.82) is 0 Å². The number of nitrogens with one attached hydrogen (secondary N) is 1. The van der Waals surface area contributed by atoms with Crippen LogP contribution in [0.25, 0.3) is 10.9 Å².